The maximum absolute atomic E-state index is 12.2. The average Bonchev–Trinajstić information content (AvgIpc) is 2.65. The largest absolute Gasteiger partial charge is 0.493 e. The van der Waals surface area contributed by atoms with E-state index < -0.39 is 0 Å². The van der Waals surface area contributed by atoms with Crippen LogP contribution in [0, 0.1) is 11.3 Å². The third kappa shape index (κ3) is 3.23. The number of hydrogen-bond donors (Lipinski definition) is 0. The first-order valence-electron chi connectivity index (χ1n) is 7.41. The predicted octanol–water partition coefficient (Wildman–Crippen LogP) is 3.23. The van der Waals surface area contributed by atoms with Gasteiger partial charge in [-0.15, -0.1) is 0 Å². The van der Waals surface area contributed by atoms with Crippen LogP contribution in [0.2, 0.25) is 0 Å². The van der Waals surface area contributed by atoms with Crippen LogP contribution in [0.25, 0.3) is 6.08 Å². The van der Waals surface area contributed by atoms with Crippen molar-refractivity contribution in [1.29, 1.82) is 5.26 Å². The van der Waals surface area contributed by atoms with E-state index in [4.69, 9.17) is 19.5 Å². The van der Waals surface area contributed by atoms with Crippen molar-refractivity contribution in [2.24, 2.45) is 0 Å². The van der Waals surface area contributed by atoms with Crippen LogP contribution in [0.3, 0.4) is 0 Å². The van der Waals surface area contributed by atoms with E-state index in [0.717, 1.165) is 5.56 Å². The van der Waals surface area contributed by atoms with Crippen molar-refractivity contribution in [2.45, 2.75) is 0 Å². The molecule has 0 radical (unpaired) electrons. The molecule has 0 saturated heterocycles. The van der Waals surface area contributed by atoms with Crippen LogP contribution in [-0.2, 0) is 0 Å². The van der Waals surface area contributed by atoms with Gasteiger partial charge in [0.1, 0.15) is 13.2 Å². The normalized spacial score (nSPS) is 12.7. The van der Waals surface area contributed by atoms with Gasteiger partial charge < -0.3 is 14.2 Å². The summed E-state index contributed by atoms with van der Waals surface area (Å²) in [4.78, 5) is 12.2. The standard InChI is InChI=1S/C19H15NO4/c1-22-17-10-14(11-18-19(17)24-9-8-23-18)4-7-16(21)15-5-2-13(12-20)3-6-15/h2-7,10-11H,8-9H2,1H3. The van der Waals surface area contributed by atoms with Crippen molar-refractivity contribution in [1.82, 2.24) is 0 Å². The van der Waals surface area contributed by atoms with E-state index in [-0.39, 0.29) is 5.78 Å². The van der Waals surface area contributed by atoms with Crippen LogP contribution in [0.1, 0.15) is 21.5 Å². The number of fused-ring (bicyclic) bond motifs is 1. The fraction of sp³-hybridized carbons (Fsp3) is 0.158. The zero-order valence-corrected chi connectivity index (χ0v) is 13.1. The molecule has 0 N–H and O–H groups in total. The van der Waals surface area contributed by atoms with E-state index in [0.29, 0.717) is 41.6 Å². The van der Waals surface area contributed by atoms with Crippen LogP contribution in [0.4, 0.5) is 0 Å². The average molecular weight is 321 g/mol. The Bertz CT molecular complexity index is 814. The first-order valence-corrected chi connectivity index (χ1v) is 7.41. The topological polar surface area (TPSA) is 68.6 Å². The summed E-state index contributed by atoms with van der Waals surface area (Å²) in [5, 5.41) is 8.78. The number of methoxy groups -OCH3 is 1. The summed E-state index contributed by atoms with van der Waals surface area (Å²) < 4.78 is 16.4. The van der Waals surface area contributed by atoms with Gasteiger partial charge in [0.25, 0.3) is 0 Å². The van der Waals surface area contributed by atoms with Gasteiger partial charge in [0, 0.05) is 5.56 Å². The molecule has 1 aliphatic heterocycles. The van der Waals surface area contributed by atoms with Crippen molar-refractivity contribution >= 4 is 11.9 Å². The van der Waals surface area contributed by atoms with Crippen LogP contribution >= 0.6 is 0 Å². The highest BCUT2D eigenvalue weighted by molar-refractivity contribution is 6.06. The Hall–Kier alpha value is -3.26. The summed E-state index contributed by atoms with van der Waals surface area (Å²) in [5.41, 5.74) is 1.82. The van der Waals surface area contributed by atoms with Crippen molar-refractivity contribution in [2.75, 3.05) is 20.3 Å². The predicted molar refractivity (Wildman–Crippen MR) is 88.5 cm³/mol. The van der Waals surface area contributed by atoms with Gasteiger partial charge in [-0.25, -0.2) is 0 Å². The SMILES string of the molecule is COc1cc(C=CC(=O)c2ccc(C#N)cc2)cc2c1OCCO2. The minimum absolute atomic E-state index is 0.145. The van der Waals surface area contributed by atoms with E-state index in [9.17, 15) is 4.79 Å². The van der Waals surface area contributed by atoms with Gasteiger partial charge in [-0.3, -0.25) is 4.79 Å². The number of allylic oxidation sites excluding steroid dienone is 1. The number of carbonyl (C=O) groups excluding carboxylic acids is 1. The summed E-state index contributed by atoms with van der Waals surface area (Å²) in [5.74, 6) is 1.61. The first-order chi connectivity index (χ1) is 11.7. The van der Waals surface area contributed by atoms with Crippen molar-refractivity contribution in [3.63, 3.8) is 0 Å². The molecule has 5 heteroatoms. The molecule has 0 bridgehead atoms. The van der Waals surface area contributed by atoms with Gasteiger partial charge in [0.05, 0.1) is 18.7 Å². The maximum atomic E-state index is 12.2. The minimum atomic E-state index is -0.145. The molecular formula is C19H15NO4. The van der Waals surface area contributed by atoms with E-state index in [1.54, 1.807) is 49.6 Å². The Morgan fingerprint density at radius 1 is 1.21 bits per heavy atom. The number of carbonyl (C=O) groups is 1. The molecule has 0 atom stereocenters. The second kappa shape index (κ2) is 6.88. The van der Waals surface area contributed by atoms with Crippen LogP contribution < -0.4 is 14.2 Å². The third-order valence-corrected chi connectivity index (χ3v) is 3.58. The van der Waals surface area contributed by atoms with E-state index in [1.807, 2.05) is 6.07 Å². The lowest BCUT2D eigenvalue weighted by Crippen LogP contribution is -2.16. The molecule has 3 rings (SSSR count). The van der Waals surface area contributed by atoms with Gasteiger partial charge >= 0.3 is 0 Å². The maximum Gasteiger partial charge on any atom is 0.203 e. The molecular weight excluding hydrogens is 306 g/mol. The lowest BCUT2D eigenvalue weighted by Gasteiger charge is -2.20. The molecule has 0 amide bonds. The number of nitrogens with zero attached hydrogens (tertiary/aromatic N) is 1. The van der Waals surface area contributed by atoms with Gasteiger partial charge in [0.2, 0.25) is 5.75 Å². The molecule has 0 spiro atoms. The van der Waals surface area contributed by atoms with Crippen LogP contribution in [0.5, 0.6) is 17.2 Å². The quantitative estimate of drug-likeness (QED) is 0.639. The number of ether oxygens (including phenoxy) is 3. The zero-order valence-electron chi connectivity index (χ0n) is 13.1. The molecule has 0 fully saturated rings. The second-order valence-corrected chi connectivity index (χ2v) is 5.13. The number of benzene rings is 2. The monoisotopic (exact) mass is 321 g/mol. The molecule has 1 aliphatic rings. The molecule has 0 aromatic heterocycles. The first kappa shape index (κ1) is 15.6. The van der Waals surface area contributed by atoms with E-state index in [2.05, 4.69) is 0 Å². The van der Waals surface area contributed by atoms with Crippen molar-refractivity contribution in [3.05, 3.63) is 59.2 Å². The van der Waals surface area contributed by atoms with Crippen LogP contribution in [-0.4, -0.2) is 26.1 Å². The highest BCUT2D eigenvalue weighted by Gasteiger charge is 2.17. The molecule has 0 aliphatic carbocycles. The molecule has 120 valence electrons. The number of hydrogen-bond acceptors (Lipinski definition) is 5. The molecule has 0 unspecified atom stereocenters. The Morgan fingerprint density at radius 3 is 2.67 bits per heavy atom. The Kier molecular flexibility index (Phi) is 4.48. The lowest BCUT2D eigenvalue weighted by atomic mass is 10.1. The van der Waals surface area contributed by atoms with Gasteiger partial charge in [-0.1, -0.05) is 6.08 Å². The van der Waals surface area contributed by atoms with Crippen molar-refractivity contribution in [3.8, 4) is 23.3 Å². The second-order valence-electron chi connectivity index (χ2n) is 5.13. The Balaban J connectivity index is 1.83. The van der Waals surface area contributed by atoms with E-state index >= 15 is 0 Å². The fourth-order valence-corrected chi connectivity index (χ4v) is 2.37. The zero-order chi connectivity index (χ0) is 16.9. The number of nitriles is 1. The van der Waals surface area contributed by atoms with Gasteiger partial charge in [0.15, 0.2) is 17.3 Å². The minimum Gasteiger partial charge on any atom is -0.493 e. The number of ketones is 1. The summed E-state index contributed by atoms with van der Waals surface area (Å²) in [6.45, 7) is 0.962. The third-order valence-electron chi connectivity index (χ3n) is 3.58. The summed E-state index contributed by atoms with van der Waals surface area (Å²) in [6, 6.07) is 12.1. The Labute approximate surface area is 139 Å². The fourth-order valence-electron chi connectivity index (χ4n) is 2.37. The van der Waals surface area contributed by atoms with E-state index in [1.165, 1.54) is 6.08 Å². The summed E-state index contributed by atoms with van der Waals surface area (Å²) in [7, 11) is 1.56. The molecule has 2 aromatic rings. The summed E-state index contributed by atoms with van der Waals surface area (Å²) in [6.07, 6.45) is 3.17. The lowest BCUT2D eigenvalue weighted by molar-refractivity contribution is 0.104. The van der Waals surface area contributed by atoms with Crippen LogP contribution in [0.15, 0.2) is 42.5 Å². The Morgan fingerprint density at radius 2 is 1.96 bits per heavy atom. The van der Waals surface area contributed by atoms with Gasteiger partial charge in [-0.05, 0) is 48.0 Å². The smallest absolute Gasteiger partial charge is 0.203 e. The van der Waals surface area contributed by atoms with Gasteiger partial charge in [-0.2, -0.15) is 5.26 Å². The highest BCUT2D eigenvalue weighted by Crippen LogP contribution is 2.40. The summed E-state index contributed by atoms with van der Waals surface area (Å²) >= 11 is 0. The number of rotatable bonds is 4. The highest BCUT2D eigenvalue weighted by atomic mass is 16.6. The molecule has 5 nitrogen and oxygen atoms in total. The molecule has 1 heterocycles. The van der Waals surface area contributed by atoms with Crippen molar-refractivity contribution < 1.29 is 19.0 Å². The molecule has 0 saturated carbocycles. The molecule has 24 heavy (non-hydrogen) atoms. The molecule has 2 aromatic carbocycles.